The third-order valence-corrected chi connectivity index (χ3v) is 5.36. The minimum Gasteiger partial charge on any atom is -0.496 e. The molecule has 2 aromatic rings. The predicted octanol–water partition coefficient (Wildman–Crippen LogP) is 4.64. The highest BCUT2D eigenvalue weighted by atomic mass is 79.9. The van der Waals surface area contributed by atoms with Gasteiger partial charge in [-0.3, -0.25) is 9.59 Å². The Kier molecular flexibility index (Phi) is 5.55. The van der Waals surface area contributed by atoms with Crippen LogP contribution in [0.1, 0.15) is 15.9 Å². The molecule has 0 bridgehead atoms. The number of carbonyl (C=O) groups excluding carboxylic acids is 2. The number of thioether (sulfide) groups is 1. The Morgan fingerprint density at radius 1 is 1.27 bits per heavy atom. The lowest BCUT2D eigenvalue weighted by atomic mass is 10.1. The van der Waals surface area contributed by atoms with Crippen LogP contribution in [-0.4, -0.2) is 28.1 Å². The van der Waals surface area contributed by atoms with Gasteiger partial charge in [-0.15, -0.1) is 0 Å². The van der Waals surface area contributed by atoms with E-state index >= 15 is 0 Å². The second-order valence-electron chi connectivity index (χ2n) is 5.22. The number of rotatable bonds is 3. The number of thiocarbonyl (C=S) groups is 1. The molecule has 2 amide bonds. The zero-order valence-electron chi connectivity index (χ0n) is 13.4. The van der Waals surface area contributed by atoms with Gasteiger partial charge >= 0.3 is 0 Å². The topological polar surface area (TPSA) is 46.6 Å². The van der Waals surface area contributed by atoms with E-state index in [2.05, 4.69) is 15.9 Å². The Hall–Kier alpha value is -2.03. The predicted molar refractivity (Wildman–Crippen MR) is 106 cm³/mol. The van der Waals surface area contributed by atoms with E-state index in [1.165, 1.54) is 19.2 Å². The smallest absolute Gasteiger partial charge is 0.273 e. The standard InChI is InChI=1S/C18H11BrFNO3S2/c1-24-14-7-4-12(19)8-11(14)9-15-17(23)21(18(25)26-15)16(22)10-2-5-13(20)6-3-10/h2-9H,1H3/b15-9+. The van der Waals surface area contributed by atoms with Crippen LogP contribution < -0.4 is 4.74 Å². The molecule has 1 aliphatic rings. The van der Waals surface area contributed by atoms with E-state index in [9.17, 15) is 14.0 Å². The van der Waals surface area contributed by atoms with E-state index in [0.29, 0.717) is 16.2 Å². The molecular weight excluding hydrogens is 441 g/mol. The molecule has 0 aliphatic carbocycles. The molecule has 0 unspecified atom stereocenters. The van der Waals surface area contributed by atoms with Crippen LogP contribution in [0, 0.1) is 5.82 Å². The number of halogens is 2. The van der Waals surface area contributed by atoms with Crippen molar-refractivity contribution in [2.24, 2.45) is 0 Å². The van der Waals surface area contributed by atoms with Gasteiger partial charge in [0.2, 0.25) is 0 Å². The Morgan fingerprint density at radius 2 is 1.96 bits per heavy atom. The summed E-state index contributed by atoms with van der Waals surface area (Å²) in [6.45, 7) is 0. The van der Waals surface area contributed by atoms with Crippen LogP contribution in [0.3, 0.4) is 0 Å². The molecule has 26 heavy (non-hydrogen) atoms. The molecule has 3 rings (SSSR count). The first-order valence-electron chi connectivity index (χ1n) is 7.32. The Morgan fingerprint density at radius 3 is 2.62 bits per heavy atom. The number of nitrogens with zero attached hydrogens (tertiary/aromatic N) is 1. The zero-order valence-corrected chi connectivity index (χ0v) is 16.6. The number of amides is 2. The van der Waals surface area contributed by atoms with Crippen LogP contribution in [-0.2, 0) is 4.79 Å². The maximum absolute atomic E-state index is 13.0. The van der Waals surface area contributed by atoms with Gasteiger partial charge in [0.25, 0.3) is 11.8 Å². The van der Waals surface area contributed by atoms with Gasteiger partial charge < -0.3 is 4.74 Å². The fourth-order valence-electron chi connectivity index (χ4n) is 2.32. The third kappa shape index (κ3) is 3.72. The van der Waals surface area contributed by atoms with Gasteiger partial charge in [0, 0.05) is 15.6 Å². The van der Waals surface area contributed by atoms with Gasteiger partial charge in [-0.1, -0.05) is 39.9 Å². The van der Waals surface area contributed by atoms with Crippen LogP contribution in [0.5, 0.6) is 5.75 Å². The summed E-state index contributed by atoms with van der Waals surface area (Å²) in [5.74, 6) is -0.981. The molecule has 1 saturated heterocycles. The second-order valence-corrected chi connectivity index (χ2v) is 7.81. The highest BCUT2D eigenvalue weighted by Crippen LogP contribution is 2.35. The lowest BCUT2D eigenvalue weighted by Crippen LogP contribution is -2.34. The lowest BCUT2D eigenvalue weighted by molar-refractivity contribution is -0.120. The molecule has 0 atom stereocenters. The van der Waals surface area contributed by atoms with E-state index in [4.69, 9.17) is 17.0 Å². The highest BCUT2D eigenvalue weighted by Gasteiger charge is 2.37. The van der Waals surface area contributed by atoms with Gasteiger partial charge in [-0.2, -0.15) is 0 Å². The highest BCUT2D eigenvalue weighted by molar-refractivity contribution is 9.10. The van der Waals surface area contributed by atoms with Crippen molar-refractivity contribution < 1.29 is 18.7 Å². The second kappa shape index (κ2) is 7.69. The van der Waals surface area contributed by atoms with Crippen molar-refractivity contribution in [3.8, 4) is 5.75 Å². The molecule has 0 radical (unpaired) electrons. The van der Waals surface area contributed by atoms with Crippen LogP contribution in [0.2, 0.25) is 0 Å². The van der Waals surface area contributed by atoms with E-state index < -0.39 is 17.6 Å². The van der Waals surface area contributed by atoms with E-state index in [0.717, 1.165) is 33.3 Å². The van der Waals surface area contributed by atoms with E-state index in [1.807, 2.05) is 6.07 Å². The first-order chi connectivity index (χ1) is 12.4. The quantitative estimate of drug-likeness (QED) is 0.386. The minimum absolute atomic E-state index is 0.129. The molecule has 0 N–H and O–H groups in total. The summed E-state index contributed by atoms with van der Waals surface area (Å²) < 4.78 is 19.3. The molecule has 0 aromatic heterocycles. The summed E-state index contributed by atoms with van der Waals surface area (Å²) in [6, 6.07) is 10.3. The number of benzene rings is 2. The molecular formula is C18H11BrFNO3S2. The van der Waals surface area contributed by atoms with Crippen molar-refractivity contribution in [1.82, 2.24) is 4.90 Å². The number of carbonyl (C=O) groups is 2. The average molecular weight is 452 g/mol. The molecule has 8 heteroatoms. The third-order valence-electron chi connectivity index (χ3n) is 3.57. The largest absolute Gasteiger partial charge is 0.496 e. The minimum atomic E-state index is -0.586. The van der Waals surface area contributed by atoms with E-state index in [-0.39, 0.29) is 9.88 Å². The molecule has 1 fully saturated rings. The summed E-state index contributed by atoms with van der Waals surface area (Å²) in [5.41, 5.74) is 0.862. The molecule has 0 saturated carbocycles. The number of ether oxygens (including phenoxy) is 1. The Labute approximate surface area is 167 Å². The molecule has 0 spiro atoms. The fourth-order valence-corrected chi connectivity index (χ4v) is 3.95. The number of hydrogen-bond acceptors (Lipinski definition) is 5. The maximum Gasteiger partial charge on any atom is 0.273 e. The van der Waals surface area contributed by atoms with Gasteiger partial charge in [0.1, 0.15) is 11.6 Å². The SMILES string of the molecule is COc1ccc(Br)cc1/C=C1/SC(=S)N(C(=O)c2ccc(F)cc2)C1=O. The van der Waals surface area contributed by atoms with Crippen LogP contribution in [0.25, 0.3) is 6.08 Å². The molecule has 4 nitrogen and oxygen atoms in total. The summed E-state index contributed by atoms with van der Waals surface area (Å²) in [7, 11) is 1.53. The van der Waals surface area contributed by atoms with E-state index in [1.54, 1.807) is 18.2 Å². The van der Waals surface area contributed by atoms with Gasteiger partial charge in [-0.05, 0) is 48.5 Å². The van der Waals surface area contributed by atoms with Crippen LogP contribution in [0.15, 0.2) is 51.8 Å². The molecule has 1 aliphatic heterocycles. The van der Waals surface area contributed by atoms with Crippen LogP contribution >= 0.6 is 39.9 Å². The number of hydrogen-bond donors (Lipinski definition) is 0. The van der Waals surface area contributed by atoms with Gasteiger partial charge in [0.05, 0.1) is 12.0 Å². The monoisotopic (exact) mass is 451 g/mol. The van der Waals surface area contributed by atoms with Gasteiger partial charge in [0.15, 0.2) is 4.32 Å². The van der Waals surface area contributed by atoms with Crippen molar-refractivity contribution in [2.45, 2.75) is 0 Å². The molecule has 2 aromatic carbocycles. The number of imide groups is 1. The number of methoxy groups -OCH3 is 1. The van der Waals surface area contributed by atoms with Crippen molar-refractivity contribution in [3.63, 3.8) is 0 Å². The maximum atomic E-state index is 13.0. The average Bonchev–Trinajstić information content (AvgIpc) is 2.89. The molecule has 132 valence electrons. The first kappa shape index (κ1) is 18.8. The van der Waals surface area contributed by atoms with Crippen molar-refractivity contribution in [2.75, 3.05) is 7.11 Å². The Bertz CT molecular complexity index is 944. The summed E-state index contributed by atoms with van der Waals surface area (Å²) in [5, 5.41) is 0. The summed E-state index contributed by atoms with van der Waals surface area (Å²) in [6.07, 6.45) is 1.63. The normalized spacial score (nSPS) is 15.7. The van der Waals surface area contributed by atoms with Crippen LogP contribution in [0.4, 0.5) is 4.39 Å². The Balaban J connectivity index is 1.93. The zero-order chi connectivity index (χ0) is 18.8. The van der Waals surface area contributed by atoms with Crippen molar-refractivity contribution in [1.29, 1.82) is 0 Å². The summed E-state index contributed by atoms with van der Waals surface area (Å²) in [4.78, 5) is 26.5. The van der Waals surface area contributed by atoms with Crippen molar-refractivity contribution >= 4 is 62.1 Å². The fraction of sp³-hybridized carbons (Fsp3) is 0.0556. The van der Waals surface area contributed by atoms with Crippen molar-refractivity contribution in [3.05, 3.63) is 68.8 Å². The summed E-state index contributed by atoms with van der Waals surface area (Å²) >= 11 is 9.60. The molecule has 1 heterocycles. The lowest BCUT2D eigenvalue weighted by Gasteiger charge is -2.12. The first-order valence-corrected chi connectivity index (χ1v) is 9.34. The van der Waals surface area contributed by atoms with Gasteiger partial charge in [-0.25, -0.2) is 9.29 Å².